The second-order valence-corrected chi connectivity index (χ2v) is 4.57. The summed E-state index contributed by atoms with van der Waals surface area (Å²) in [6.45, 7) is 0. The lowest BCUT2D eigenvalue weighted by Gasteiger charge is -2.11. The normalized spacial score (nSPS) is 11.4. The van der Waals surface area contributed by atoms with E-state index in [2.05, 4.69) is 21.1 Å². The summed E-state index contributed by atoms with van der Waals surface area (Å²) in [5, 5.41) is 11.7. The zero-order valence-corrected chi connectivity index (χ0v) is 11.3. The Morgan fingerprint density at radius 1 is 1.21 bits per heavy atom. The van der Waals surface area contributed by atoms with Gasteiger partial charge >= 0.3 is 0 Å². The van der Waals surface area contributed by atoms with Gasteiger partial charge in [0.2, 0.25) is 0 Å². The van der Waals surface area contributed by atoms with E-state index < -0.39 is 5.82 Å². The van der Waals surface area contributed by atoms with Gasteiger partial charge in [-0.15, -0.1) is 0 Å². The first kappa shape index (κ1) is 13.4. The molecule has 0 saturated carbocycles. The number of nitrogens with two attached hydrogens (primary N) is 1. The second kappa shape index (κ2) is 5.71. The molecule has 4 nitrogen and oxygen atoms in total. The van der Waals surface area contributed by atoms with Crippen LogP contribution < -0.4 is 10.5 Å². The molecule has 0 bridgehead atoms. The van der Waals surface area contributed by atoms with Gasteiger partial charge in [-0.2, -0.15) is 0 Å². The van der Waals surface area contributed by atoms with Gasteiger partial charge in [0.1, 0.15) is 5.75 Å². The van der Waals surface area contributed by atoms with E-state index in [-0.39, 0.29) is 11.6 Å². The molecule has 0 aliphatic carbocycles. The van der Waals surface area contributed by atoms with Gasteiger partial charge in [-0.1, -0.05) is 33.2 Å². The van der Waals surface area contributed by atoms with Crippen LogP contribution in [0.2, 0.25) is 0 Å². The minimum atomic E-state index is -0.490. The summed E-state index contributed by atoms with van der Waals surface area (Å²) >= 11 is 3.27. The van der Waals surface area contributed by atoms with Crippen LogP contribution in [0.25, 0.3) is 0 Å². The Labute approximate surface area is 117 Å². The molecule has 2 aromatic rings. The van der Waals surface area contributed by atoms with Crippen LogP contribution in [0.15, 0.2) is 52.1 Å². The number of nitrogens with zero attached hydrogens (tertiary/aromatic N) is 1. The van der Waals surface area contributed by atoms with E-state index in [1.165, 1.54) is 12.1 Å². The lowest BCUT2D eigenvalue weighted by atomic mass is 10.2. The lowest BCUT2D eigenvalue weighted by Crippen LogP contribution is -2.14. The largest absolute Gasteiger partial charge is 0.454 e. The lowest BCUT2D eigenvalue weighted by molar-refractivity contribution is 0.318. The van der Waals surface area contributed by atoms with Gasteiger partial charge in [-0.05, 0) is 30.3 Å². The Morgan fingerprint density at radius 2 is 1.95 bits per heavy atom. The molecule has 0 heterocycles. The fraction of sp³-hybridized carbons (Fsp3) is 0. The van der Waals surface area contributed by atoms with Crippen LogP contribution in [0, 0.1) is 5.82 Å². The molecule has 0 aliphatic rings. The number of hydrogen-bond donors (Lipinski definition) is 2. The second-order valence-electron chi connectivity index (χ2n) is 3.66. The maximum Gasteiger partial charge on any atom is 0.173 e. The van der Waals surface area contributed by atoms with Gasteiger partial charge in [-0.3, -0.25) is 0 Å². The van der Waals surface area contributed by atoms with Crippen molar-refractivity contribution in [3.05, 3.63) is 58.3 Å². The first-order valence-corrected chi connectivity index (χ1v) is 6.11. The summed E-state index contributed by atoms with van der Waals surface area (Å²) in [6.07, 6.45) is 0. The van der Waals surface area contributed by atoms with Crippen LogP contribution in [0.4, 0.5) is 4.39 Å². The first-order chi connectivity index (χ1) is 9.11. The van der Waals surface area contributed by atoms with Crippen molar-refractivity contribution in [2.45, 2.75) is 0 Å². The molecule has 0 fully saturated rings. The summed E-state index contributed by atoms with van der Waals surface area (Å²) in [5.41, 5.74) is 5.92. The average molecular weight is 325 g/mol. The van der Waals surface area contributed by atoms with Crippen LogP contribution in [-0.2, 0) is 0 Å². The molecule has 0 aromatic heterocycles. The Hall–Kier alpha value is -2.08. The number of benzene rings is 2. The third-order valence-electron chi connectivity index (χ3n) is 2.38. The van der Waals surface area contributed by atoms with E-state index in [9.17, 15) is 4.39 Å². The molecule has 0 aliphatic heterocycles. The summed E-state index contributed by atoms with van der Waals surface area (Å²) in [4.78, 5) is 0. The third-order valence-corrected chi connectivity index (χ3v) is 2.88. The highest BCUT2D eigenvalue weighted by molar-refractivity contribution is 9.10. The molecule has 0 atom stereocenters. The Balaban J connectivity index is 2.43. The predicted molar refractivity (Wildman–Crippen MR) is 73.1 cm³/mol. The van der Waals surface area contributed by atoms with Crippen molar-refractivity contribution < 1.29 is 14.3 Å². The van der Waals surface area contributed by atoms with Gasteiger partial charge in [0.25, 0.3) is 0 Å². The van der Waals surface area contributed by atoms with Gasteiger partial charge in [0, 0.05) is 4.47 Å². The summed E-state index contributed by atoms with van der Waals surface area (Å²) in [7, 11) is 0. The molecular formula is C13H10BrFN2O2. The minimum Gasteiger partial charge on any atom is -0.454 e. The molecule has 6 heteroatoms. The SMILES string of the molecule is N/C(=N/O)c1cc(Br)ccc1Oc1ccccc1F. The average Bonchev–Trinajstić information content (AvgIpc) is 2.42. The quantitative estimate of drug-likeness (QED) is 0.393. The summed E-state index contributed by atoms with van der Waals surface area (Å²) < 4.78 is 19.7. The number of rotatable bonds is 3. The van der Waals surface area contributed by atoms with Crippen molar-refractivity contribution in [3.63, 3.8) is 0 Å². The number of amidine groups is 1. The van der Waals surface area contributed by atoms with Crippen molar-refractivity contribution in [3.8, 4) is 11.5 Å². The molecule has 3 N–H and O–H groups in total. The fourth-order valence-corrected chi connectivity index (χ4v) is 1.85. The number of hydrogen-bond acceptors (Lipinski definition) is 3. The van der Waals surface area contributed by atoms with Crippen LogP contribution in [0.3, 0.4) is 0 Å². The Kier molecular flexibility index (Phi) is 4.01. The van der Waals surface area contributed by atoms with E-state index in [1.54, 1.807) is 30.3 Å². The number of para-hydroxylation sites is 1. The van der Waals surface area contributed by atoms with Crippen molar-refractivity contribution >= 4 is 21.8 Å². The molecule has 0 unspecified atom stereocenters. The summed E-state index contributed by atoms with van der Waals surface area (Å²) in [5.74, 6) is -0.246. The van der Waals surface area contributed by atoms with Crippen molar-refractivity contribution in [1.29, 1.82) is 0 Å². The first-order valence-electron chi connectivity index (χ1n) is 5.31. The van der Waals surface area contributed by atoms with E-state index >= 15 is 0 Å². The van der Waals surface area contributed by atoms with Crippen molar-refractivity contribution in [2.24, 2.45) is 10.9 Å². The van der Waals surface area contributed by atoms with Crippen molar-refractivity contribution in [1.82, 2.24) is 0 Å². The fourth-order valence-electron chi connectivity index (χ4n) is 1.49. The van der Waals surface area contributed by atoms with Gasteiger partial charge in [-0.25, -0.2) is 4.39 Å². The highest BCUT2D eigenvalue weighted by atomic mass is 79.9. The maximum atomic E-state index is 13.5. The number of oxime groups is 1. The molecule has 2 rings (SSSR count). The molecule has 19 heavy (non-hydrogen) atoms. The van der Waals surface area contributed by atoms with Gasteiger partial charge in [0.05, 0.1) is 5.56 Å². The van der Waals surface area contributed by atoms with Crippen molar-refractivity contribution in [2.75, 3.05) is 0 Å². The van der Waals surface area contributed by atoms with Gasteiger partial charge in [0.15, 0.2) is 17.4 Å². The number of halogens is 2. The molecule has 0 saturated heterocycles. The topological polar surface area (TPSA) is 67.8 Å². The smallest absolute Gasteiger partial charge is 0.173 e. The molecule has 0 amide bonds. The van der Waals surface area contributed by atoms with Crippen LogP contribution in [0.1, 0.15) is 5.56 Å². The standard InChI is InChI=1S/C13H10BrFN2O2/c14-8-5-6-11(9(7-8)13(16)17-18)19-12-4-2-1-3-10(12)15/h1-7,18H,(H2,16,17). The number of ether oxygens (including phenoxy) is 1. The third kappa shape index (κ3) is 3.03. The predicted octanol–water partition coefficient (Wildman–Crippen LogP) is 3.48. The van der Waals surface area contributed by atoms with E-state index in [0.717, 1.165) is 4.47 Å². The van der Waals surface area contributed by atoms with Crippen LogP contribution in [0.5, 0.6) is 11.5 Å². The zero-order valence-electron chi connectivity index (χ0n) is 9.68. The van der Waals surface area contributed by atoms with E-state index in [4.69, 9.17) is 15.7 Å². The van der Waals surface area contributed by atoms with Crippen LogP contribution >= 0.6 is 15.9 Å². The van der Waals surface area contributed by atoms with E-state index in [0.29, 0.717) is 11.3 Å². The molecule has 0 radical (unpaired) electrons. The Morgan fingerprint density at radius 3 is 2.63 bits per heavy atom. The molecule has 0 spiro atoms. The zero-order chi connectivity index (χ0) is 13.8. The summed E-state index contributed by atoms with van der Waals surface area (Å²) in [6, 6.07) is 10.9. The maximum absolute atomic E-state index is 13.5. The highest BCUT2D eigenvalue weighted by Gasteiger charge is 2.12. The molecule has 2 aromatic carbocycles. The van der Waals surface area contributed by atoms with E-state index in [1.807, 2.05) is 0 Å². The van der Waals surface area contributed by atoms with Crippen LogP contribution in [-0.4, -0.2) is 11.0 Å². The minimum absolute atomic E-state index is 0.0665. The molecular weight excluding hydrogens is 315 g/mol. The highest BCUT2D eigenvalue weighted by Crippen LogP contribution is 2.29. The Bertz CT molecular complexity index is 632. The molecule has 98 valence electrons. The van der Waals surface area contributed by atoms with Gasteiger partial charge < -0.3 is 15.7 Å². The monoisotopic (exact) mass is 324 g/mol.